The van der Waals surface area contributed by atoms with Gasteiger partial charge in [0.25, 0.3) is 11.7 Å². The van der Waals surface area contributed by atoms with E-state index in [2.05, 4.69) is 25.5 Å². The number of carbonyl (C=O) groups is 1. The summed E-state index contributed by atoms with van der Waals surface area (Å²) < 4.78 is 1.62. The summed E-state index contributed by atoms with van der Waals surface area (Å²) in [4.78, 5) is 22.8. The summed E-state index contributed by atoms with van der Waals surface area (Å²) in [6.07, 6.45) is 1.77. The predicted octanol–water partition coefficient (Wildman–Crippen LogP) is 1.20. The second-order valence-corrected chi connectivity index (χ2v) is 6.02. The molecule has 1 N–H and O–H groups in total. The number of rotatable bonds is 4. The van der Waals surface area contributed by atoms with Crippen LogP contribution in [-0.2, 0) is 6.54 Å². The van der Waals surface area contributed by atoms with E-state index in [1.165, 1.54) is 11.3 Å². The number of thiazole rings is 1. The molecule has 8 nitrogen and oxygen atoms in total. The molecule has 114 valence electrons. The Kier molecular flexibility index (Phi) is 3.82. The lowest BCUT2D eigenvalue weighted by Gasteiger charge is -2.05. The number of nitrogens with zero attached hydrogens (tertiary/aromatic N) is 6. The summed E-state index contributed by atoms with van der Waals surface area (Å²) in [6, 6.07) is 1.82. The van der Waals surface area contributed by atoms with Crippen LogP contribution in [-0.4, -0.2) is 49.5 Å². The third-order valence-electron chi connectivity index (χ3n) is 2.88. The molecule has 1 amide bonds. The fourth-order valence-electron chi connectivity index (χ4n) is 1.88. The van der Waals surface area contributed by atoms with E-state index in [0.717, 1.165) is 10.7 Å². The lowest BCUT2D eigenvalue weighted by molar-refractivity contribution is 0.102. The van der Waals surface area contributed by atoms with Crippen molar-refractivity contribution in [1.82, 2.24) is 29.5 Å². The average Bonchev–Trinajstić information content (AvgIpc) is 3.05. The van der Waals surface area contributed by atoms with Gasteiger partial charge >= 0.3 is 0 Å². The largest absolute Gasteiger partial charge is 0.303 e. The van der Waals surface area contributed by atoms with Gasteiger partial charge in [0.1, 0.15) is 10.7 Å². The van der Waals surface area contributed by atoms with Crippen molar-refractivity contribution in [2.45, 2.75) is 13.5 Å². The van der Waals surface area contributed by atoms with Gasteiger partial charge in [-0.25, -0.2) is 9.97 Å². The molecule has 0 fully saturated rings. The highest BCUT2D eigenvalue weighted by Crippen LogP contribution is 2.13. The Hall–Kier alpha value is -2.39. The van der Waals surface area contributed by atoms with E-state index < -0.39 is 0 Å². The second kappa shape index (κ2) is 5.78. The minimum absolute atomic E-state index is 0.309. The molecule has 3 heterocycles. The molecule has 0 radical (unpaired) electrons. The fraction of sp³-hybridized carbons (Fsp3) is 0.308. The topological polar surface area (TPSA) is 88.3 Å². The Morgan fingerprint density at radius 1 is 1.36 bits per heavy atom. The SMILES string of the molecule is Cc1ccn2c(NC(=O)c3csc(CN(C)C)n3)nnc2n1. The highest BCUT2D eigenvalue weighted by atomic mass is 32.1. The maximum atomic E-state index is 12.2. The number of aromatic nitrogens is 5. The molecular formula is C13H15N7OS. The Morgan fingerprint density at radius 2 is 2.18 bits per heavy atom. The summed E-state index contributed by atoms with van der Waals surface area (Å²) in [5, 5.41) is 13.2. The van der Waals surface area contributed by atoms with E-state index in [0.29, 0.717) is 24.0 Å². The Balaban J connectivity index is 1.79. The van der Waals surface area contributed by atoms with Crippen molar-refractivity contribution in [3.63, 3.8) is 0 Å². The molecule has 0 bridgehead atoms. The van der Waals surface area contributed by atoms with Gasteiger partial charge in [-0.15, -0.1) is 21.5 Å². The standard InChI is InChI=1S/C13H15N7OS/c1-8-4-5-20-12(14-8)17-18-13(20)16-11(21)9-7-22-10(15-9)6-19(2)3/h4-5,7H,6H2,1-3H3,(H,16,18,21). The summed E-state index contributed by atoms with van der Waals surface area (Å²) >= 11 is 1.46. The van der Waals surface area contributed by atoms with Crippen LogP contribution in [0, 0.1) is 6.92 Å². The molecule has 0 aliphatic carbocycles. The van der Waals surface area contributed by atoms with Crippen LogP contribution in [0.5, 0.6) is 0 Å². The van der Waals surface area contributed by atoms with Crippen LogP contribution in [0.2, 0.25) is 0 Å². The fourth-order valence-corrected chi connectivity index (χ4v) is 2.77. The van der Waals surface area contributed by atoms with Crippen LogP contribution in [0.4, 0.5) is 5.95 Å². The normalized spacial score (nSPS) is 11.3. The zero-order valence-electron chi connectivity index (χ0n) is 12.4. The van der Waals surface area contributed by atoms with Gasteiger partial charge in [-0.3, -0.25) is 14.5 Å². The molecule has 0 atom stereocenters. The molecule has 0 aliphatic heterocycles. The molecule has 22 heavy (non-hydrogen) atoms. The molecule has 0 saturated carbocycles. The molecule has 0 aromatic carbocycles. The Bertz CT molecular complexity index is 823. The Labute approximate surface area is 130 Å². The number of aryl methyl sites for hydroxylation is 1. The van der Waals surface area contributed by atoms with Crippen LogP contribution >= 0.6 is 11.3 Å². The Morgan fingerprint density at radius 3 is 2.95 bits per heavy atom. The van der Waals surface area contributed by atoms with Crippen molar-refractivity contribution < 1.29 is 4.79 Å². The predicted molar refractivity (Wildman–Crippen MR) is 83.0 cm³/mol. The molecule has 3 rings (SSSR count). The summed E-state index contributed by atoms with van der Waals surface area (Å²) in [6.45, 7) is 2.57. The maximum absolute atomic E-state index is 12.2. The molecule has 0 unspecified atom stereocenters. The summed E-state index contributed by atoms with van der Waals surface area (Å²) in [5.41, 5.74) is 1.21. The van der Waals surface area contributed by atoms with Gasteiger partial charge in [-0.05, 0) is 27.1 Å². The first-order valence-corrected chi connectivity index (χ1v) is 7.50. The van der Waals surface area contributed by atoms with Crippen LogP contribution in [0.25, 0.3) is 5.78 Å². The summed E-state index contributed by atoms with van der Waals surface area (Å²) in [7, 11) is 3.91. The number of hydrogen-bond donors (Lipinski definition) is 1. The third kappa shape index (κ3) is 2.95. The molecule has 3 aromatic rings. The minimum Gasteiger partial charge on any atom is -0.303 e. The van der Waals surface area contributed by atoms with Crippen LogP contribution in [0.3, 0.4) is 0 Å². The van der Waals surface area contributed by atoms with Crippen molar-refractivity contribution >= 4 is 29.0 Å². The van der Waals surface area contributed by atoms with Gasteiger partial charge < -0.3 is 4.90 Å². The average molecular weight is 317 g/mol. The highest BCUT2D eigenvalue weighted by Gasteiger charge is 2.15. The van der Waals surface area contributed by atoms with Crippen LogP contribution in [0.15, 0.2) is 17.6 Å². The number of fused-ring (bicyclic) bond motifs is 1. The molecule has 9 heteroatoms. The first kappa shape index (κ1) is 14.5. The minimum atomic E-state index is -0.309. The molecule has 0 saturated heterocycles. The highest BCUT2D eigenvalue weighted by molar-refractivity contribution is 7.09. The van der Waals surface area contributed by atoms with Crippen LogP contribution in [0.1, 0.15) is 21.2 Å². The van der Waals surface area contributed by atoms with E-state index >= 15 is 0 Å². The first-order chi connectivity index (χ1) is 10.5. The van der Waals surface area contributed by atoms with Gasteiger partial charge in [-0.2, -0.15) is 0 Å². The number of hydrogen-bond acceptors (Lipinski definition) is 7. The smallest absolute Gasteiger partial charge is 0.277 e. The molecule has 3 aromatic heterocycles. The third-order valence-corrected chi connectivity index (χ3v) is 3.71. The monoisotopic (exact) mass is 317 g/mol. The number of nitrogens with one attached hydrogen (secondary N) is 1. The zero-order valence-corrected chi connectivity index (χ0v) is 13.3. The number of anilines is 1. The molecule has 0 aliphatic rings. The van der Waals surface area contributed by atoms with Gasteiger partial charge in [-0.1, -0.05) is 0 Å². The van der Waals surface area contributed by atoms with Crippen molar-refractivity contribution in [1.29, 1.82) is 0 Å². The van der Waals surface area contributed by atoms with Gasteiger partial charge in [0.05, 0.1) is 0 Å². The zero-order chi connectivity index (χ0) is 15.7. The van der Waals surface area contributed by atoms with Crippen molar-refractivity contribution in [3.05, 3.63) is 34.0 Å². The van der Waals surface area contributed by atoms with E-state index in [1.807, 2.05) is 32.0 Å². The number of carbonyl (C=O) groups excluding carboxylic acids is 1. The quantitative estimate of drug-likeness (QED) is 0.778. The van der Waals surface area contributed by atoms with Gasteiger partial charge in [0, 0.05) is 23.8 Å². The molecular weight excluding hydrogens is 302 g/mol. The lowest BCUT2D eigenvalue weighted by atomic mass is 10.4. The van der Waals surface area contributed by atoms with Crippen molar-refractivity contribution in [2.24, 2.45) is 0 Å². The second-order valence-electron chi connectivity index (χ2n) is 5.08. The van der Waals surface area contributed by atoms with E-state index in [4.69, 9.17) is 0 Å². The first-order valence-electron chi connectivity index (χ1n) is 6.62. The van der Waals surface area contributed by atoms with Crippen molar-refractivity contribution in [2.75, 3.05) is 19.4 Å². The van der Waals surface area contributed by atoms with Gasteiger partial charge in [0.15, 0.2) is 0 Å². The maximum Gasteiger partial charge on any atom is 0.277 e. The van der Waals surface area contributed by atoms with E-state index in [-0.39, 0.29) is 5.91 Å². The molecule has 0 spiro atoms. The van der Waals surface area contributed by atoms with E-state index in [1.54, 1.807) is 16.0 Å². The number of amides is 1. The van der Waals surface area contributed by atoms with Crippen LogP contribution < -0.4 is 5.32 Å². The summed E-state index contributed by atoms with van der Waals surface area (Å²) in [5.74, 6) is 0.465. The lowest BCUT2D eigenvalue weighted by Crippen LogP contribution is -2.15. The van der Waals surface area contributed by atoms with Gasteiger partial charge in [0.2, 0.25) is 5.95 Å². The van der Waals surface area contributed by atoms with Crippen molar-refractivity contribution in [3.8, 4) is 0 Å². The van der Waals surface area contributed by atoms with E-state index in [9.17, 15) is 4.79 Å².